The normalized spacial score (nSPS) is 11.6. The first-order valence-electron chi connectivity index (χ1n) is 8.48. The van der Waals surface area contributed by atoms with Gasteiger partial charge in [0.1, 0.15) is 4.92 Å². The van der Waals surface area contributed by atoms with E-state index >= 15 is 0 Å². The minimum absolute atomic E-state index is 0.347. The lowest BCUT2D eigenvalue weighted by Gasteiger charge is -2.17. The molecule has 0 bridgehead atoms. The fourth-order valence-electron chi connectivity index (χ4n) is 2.58. The molecule has 28 heavy (non-hydrogen) atoms. The van der Waals surface area contributed by atoms with Gasteiger partial charge in [0.05, 0.1) is 6.07 Å². The van der Waals surface area contributed by atoms with Gasteiger partial charge < -0.3 is 9.15 Å². The topological polar surface area (TPSA) is 99.7 Å². The monoisotopic (exact) mass is 379 g/mol. The summed E-state index contributed by atoms with van der Waals surface area (Å²) >= 11 is 0. The Balaban J connectivity index is 1.92. The number of furan rings is 1. The summed E-state index contributed by atoms with van der Waals surface area (Å²) in [5.41, 5.74) is 2.85. The Kier molecular flexibility index (Phi) is 5.35. The van der Waals surface area contributed by atoms with Gasteiger partial charge in [-0.25, -0.2) is 4.79 Å². The first-order chi connectivity index (χ1) is 13.3. The Morgan fingerprint density at radius 1 is 0.929 bits per heavy atom. The van der Waals surface area contributed by atoms with Gasteiger partial charge in [-0.1, -0.05) is 59.7 Å². The summed E-state index contributed by atoms with van der Waals surface area (Å²) in [5.74, 6) is -2.29. The summed E-state index contributed by atoms with van der Waals surface area (Å²) in [6.07, 6.45) is -1.21. The molecule has 0 aliphatic carbocycles. The first kappa shape index (κ1) is 19.0. The number of hydrogen-bond donors (Lipinski definition) is 0. The predicted octanol–water partition coefficient (Wildman–Crippen LogP) is 4.59. The van der Waals surface area contributed by atoms with E-state index < -0.39 is 28.7 Å². The van der Waals surface area contributed by atoms with E-state index in [0.717, 1.165) is 23.3 Å². The van der Waals surface area contributed by atoms with Crippen molar-refractivity contribution in [2.75, 3.05) is 0 Å². The Labute approximate surface area is 160 Å². The van der Waals surface area contributed by atoms with Crippen LogP contribution in [0.1, 0.15) is 43.7 Å². The van der Waals surface area contributed by atoms with Crippen LogP contribution >= 0.6 is 0 Å². The molecule has 0 fully saturated rings. The third kappa shape index (κ3) is 4.15. The van der Waals surface area contributed by atoms with Crippen LogP contribution in [0, 0.1) is 24.0 Å². The lowest BCUT2D eigenvalue weighted by Crippen LogP contribution is -2.20. The summed E-state index contributed by atoms with van der Waals surface area (Å²) in [5, 5.41) is 10.7. The Morgan fingerprint density at radius 3 is 2.04 bits per heavy atom. The highest BCUT2D eigenvalue weighted by molar-refractivity contribution is 6.01. The summed E-state index contributed by atoms with van der Waals surface area (Å²) in [4.78, 5) is 35.4. The number of carbonyl (C=O) groups excluding carboxylic acids is 2. The number of Topliss-reactive ketones (excluding diaryl/α,β-unsaturated/α-hetero) is 1. The molecule has 1 atom stereocenters. The van der Waals surface area contributed by atoms with Gasteiger partial charge in [0.25, 0.3) is 0 Å². The molecular formula is C21H17NO6. The zero-order chi connectivity index (χ0) is 20.3. The molecule has 2 aromatic carbocycles. The highest BCUT2D eigenvalue weighted by Gasteiger charge is 2.29. The number of esters is 1. The van der Waals surface area contributed by atoms with E-state index in [9.17, 15) is 19.7 Å². The van der Waals surface area contributed by atoms with Gasteiger partial charge in [-0.2, -0.15) is 0 Å². The third-order valence-electron chi connectivity index (χ3n) is 4.15. The summed E-state index contributed by atoms with van der Waals surface area (Å²) in [7, 11) is 0. The average Bonchev–Trinajstić information content (AvgIpc) is 3.18. The van der Waals surface area contributed by atoms with Gasteiger partial charge in [0.15, 0.2) is 6.10 Å². The van der Waals surface area contributed by atoms with Crippen LogP contribution in [0.15, 0.2) is 65.1 Å². The number of aryl methyl sites for hydroxylation is 2. The van der Waals surface area contributed by atoms with Crippen molar-refractivity contribution >= 4 is 17.6 Å². The largest absolute Gasteiger partial charge is 0.443 e. The van der Waals surface area contributed by atoms with Crippen molar-refractivity contribution in [3.8, 4) is 0 Å². The molecule has 0 radical (unpaired) electrons. The molecular weight excluding hydrogens is 362 g/mol. The maximum atomic E-state index is 13.0. The summed E-state index contributed by atoms with van der Waals surface area (Å²) in [6, 6.07) is 16.1. The highest BCUT2D eigenvalue weighted by atomic mass is 16.7. The molecule has 142 valence electrons. The Bertz CT molecular complexity index is 1020. The molecule has 1 heterocycles. The molecule has 3 rings (SSSR count). The van der Waals surface area contributed by atoms with E-state index in [0.29, 0.717) is 11.1 Å². The zero-order valence-corrected chi connectivity index (χ0v) is 15.2. The minimum atomic E-state index is -1.21. The van der Waals surface area contributed by atoms with E-state index in [1.165, 1.54) is 0 Å². The fourth-order valence-corrected chi connectivity index (χ4v) is 2.58. The van der Waals surface area contributed by atoms with Crippen LogP contribution in [0.25, 0.3) is 0 Å². The van der Waals surface area contributed by atoms with Crippen molar-refractivity contribution in [2.45, 2.75) is 20.0 Å². The molecule has 0 amide bonds. The standard InChI is InChI=1S/C21H17NO6/c1-13-3-7-15(8-4-13)19(23)20(16-9-5-14(2)6-10-16)28-21(24)17-11-12-18(27-17)22(25)26/h3-12,20H,1-2H3/t20-/m0/s1. The molecule has 0 aliphatic rings. The molecule has 0 saturated heterocycles. The summed E-state index contributed by atoms with van der Waals surface area (Å²) in [6.45, 7) is 3.80. The molecule has 0 spiro atoms. The van der Waals surface area contributed by atoms with E-state index in [2.05, 4.69) is 0 Å². The zero-order valence-electron chi connectivity index (χ0n) is 15.2. The van der Waals surface area contributed by atoms with Gasteiger partial charge in [-0.05, 0) is 19.9 Å². The SMILES string of the molecule is Cc1ccc(C(=O)[C@@H](OC(=O)c2ccc([N+](=O)[O-])o2)c2ccc(C)cc2)cc1. The van der Waals surface area contributed by atoms with Crippen molar-refractivity contribution in [1.29, 1.82) is 0 Å². The number of carbonyl (C=O) groups is 2. The lowest BCUT2D eigenvalue weighted by molar-refractivity contribution is -0.402. The second kappa shape index (κ2) is 7.87. The van der Waals surface area contributed by atoms with Crippen LogP contribution in [0.3, 0.4) is 0 Å². The highest BCUT2D eigenvalue weighted by Crippen LogP contribution is 2.26. The van der Waals surface area contributed by atoms with E-state index in [4.69, 9.17) is 9.15 Å². The van der Waals surface area contributed by atoms with Crippen LogP contribution in [0.5, 0.6) is 0 Å². The van der Waals surface area contributed by atoms with Crippen LogP contribution < -0.4 is 0 Å². The molecule has 0 aliphatic heterocycles. The van der Waals surface area contributed by atoms with Gasteiger partial charge in [-0.15, -0.1) is 0 Å². The second-order valence-electron chi connectivity index (χ2n) is 6.32. The van der Waals surface area contributed by atoms with Gasteiger partial charge in [-0.3, -0.25) is 14.9 Å². The second-order valence-corrected chi connectivity index (χ2v) is 6.32. The third-order valence-corrected chi connectivity index (χ3v) is 4.15. The molecule has 0 unspecified atom stereocenters. The van der Waals surface area contributed by atoms with E-state index in [1.54, 1.807) is 48.5 Å². The summed E-state index contributed by atoms with van der Waals surface area (Å²) < 4.78 is 10.3. The number of ether oxygens (including phenoxy) is 1. The molecule has 7 heteroatoms. The van der Waals surface area contributed by atoms with Crippen molar-refractivity contribution in [2.24, 2.45) is 0 Å². The molecule has 0 N–H and O–H groups in total. The first-order valence-corrected chi connectivity index (χ1v) is 8.48. The molecule has 1 aromatic heterocycles. The number of benzene rings is 2. The average molecular weight is 379 g/mol. The maximum Gasteiger partial charge on any atom is 0.433 e. The molecule has 3 aromatic rings. The number of rotatable bonds is 6. The Morgan fingerprint density at radius 2 is 1.50 bits per heavy atom. The Hall–Kier alpha value is -3.74. The predicted molar refractivity (Wildman–Crippen MR) is 100 cm³/mol. The quantitative estimate of drug-likeness (QED) is 0.269. The van der Waals surface area contributed by atoms with Crippen LogP contribution in [0.4, 0.5) is 5.88 Å². The maximum absolute atomic E-state index is 13.0. The van der Waals surface area contributed by atoms with Crippen LogP contribution in [-0.4, -0.2) is 16.7 Å². The van der Waals surface area contributed by atoms with Crippen LogP contribution in [-0.2, 0) is 4.74 Å². The van der Waals surface area contributed by atoms with Crippen molar-refractivity contribution < 1.29 is 23.7 Å². The number of ketones is 1. The number of hydrogen-bond acceptors (Lipinski definition) is 6. The van der Waals surface area contributed by atoms with E-state index in [-0.39, 0.29) is 5.76 Å². The van der Waals surface area contributed by atoms with Crippen molar-refractivity contribution in [3.05, 3.63) is 98.8 Å². The molecule has 0 saturated carbocycles. The van der Waals surface area contributed by atoms with Gasteiger partial charge >= 0.3 is 11.9 Å². The van der Waals surface area contributed by atoms with Crippen LogP contribution in [0.2, 0.25) is 0 Å². The lowest BCUT2D eigenvalue weighted by atomic mass is 9.98. The number of nitrogens with zero attached hydrogens (tertiary/aromatic N) is 1. The molecule has 7 nitrogen and oxygen atoms in total. The van der Waals surface area contributed by atoms with Crippen molar-refractivity contribution in [3.63, 3.8) is 0 Å². The smallest absolute Gasteiger partial charge is 0.433 e. The number of nitro groups is 1. The van der Waals surface area contributed by atoms with E-state index in [1.807, 2.05) is 13.8 Å². The van der Waals surface area contributed by atoms with Crippen molar-refractivity contribution in [1.82, 2.24) is 0 Å². The van der Waals surface area contributed by atoms with Gasteiger partial charge in [0.2, 0.25) is 11.5 Å². The van der Waals surface area contributed by atoms with Gasteiger partial charge in [0, 0.05) is 11.1 Å². The fraction of sp³-hybridized carbons (Fsp3) is 0.143. The minimum Gasteiger partial charge on any atom is -0.443 e.